The van der Waals surface area contributed by atoms with Crippen LogP contribution in [0, 0.1) is 0 Å². The molecule has 2 rings (SSSR count). The van der Waals surface area contributed by atoms with E-state index in [4.69, 9.17) is 5.73 Å². The molecule has 5 nitrogen and oxygen atoms in total. The number of amides is 1. The SMILES string of the molecule is CC(N)CCNC(=O)CCc1cnn(-c2ccccc2)c1. The van der Waals surface area contributed by atoms with Gasteiger partial charge in [0.25, 0.3) is 0 Å². The van der Waals surface area contributed by atoms with Gasteiger partial charge in [-0.1, -0.05) is 18.2 Å². The summed E-state index contributed by atoms with van der Waals surface area (Å²) in [7, 11) is 0. The minimum Gasteiger partial charge on any atom is -0.356 e. The molecule has 21 heavy (non-hydrogen) atoms. The van der Waals surface area contributed by atoms with E-state index in [-0.39, 0.29) is 11.9 Å². The van der Waals surface area contributed by atoms with E-state index in [9.17, 15) is 4.79 Å². The molecule has 0 saturated heterocycles. The third-order valence-electron chi connectivity index (χ3n) is 3.22. The highest BCUT2D eigenvalue weighted by Gasteiger charge is 2.05. The normalized spacial score (nSPS) is 12.1. The van der Waals surface area contributed by atoms with Crippen LogP contribution in [0.3, 0.4) is 0 Å². The van der Waals surface area contributed by atoms with Crippen molar-refractivity contribution in [1.82, 2.24) is 15.1 Å². The van der Waals surface area contributed by atoms with Crippen molar-refractivity contribution < 1.29 is 4.79 Å². The van der Waals surface area contributed by atoms with E-state index in [1.54, 1.807) is 0 Å². The number of nitrogens with zero attached hydrogens (tertiary/aromatic N) is 2. The molecule has 0 fully saturated rings. The highest BCUT2D eigenvalue weighted by molar-refractivity contribution is 5.76. The van der Waals surface area contributed by atoms with Crippen LogP contribution in [0.2, 0.25) is 0 Å². The number of hydrogen-bond acceptors (Lipinski definition) is 3. The fourth-order valence-electron chi connectivity index (χ4n) is 2.00. The second kappa shape index (κ2) is 7.59. The molecule has 0 aliphatic carbocycles. The van der Waals surface area contributed by atoms with Gasteiger partial charge in [-0.3, -0.25) is 4.79 Å². The zero-order valence-electron chi connectivity index (χ0n) is 12.3. The second-order valence-electron chi connectivity index (χ2n) is 5.24. The van der Waals surface area contributed by atoms with Crippen molar-refractivity contribution in [3.63, 3.8) is 0 Å². The second-order valence-corrected chi connectivity index (χ2v) is 5.24. The molecule has 0 bridgehead atoms. The minimum atomic E-state index is 0.0584. The Morgan fingerprint density at radius 3 is 2.86 bits per heavy atom. The molecule has 1 heterocycles. The van der Waals surface area contributed by atoms with Crippen molar-refractivity contribution in [2.24, 2.45) is 5.73 Å². The number of aromatic nitrogens is 2. The van der Waals surface area contributed by atoms with Crippen LogP contribution in [-0.4, -0.2) is 28.3 Å². The molecule has 3 N–H and O–H groups in total. The summed E-state index contributed by atoms with van der Waals surface area (Å²) < 4.78 is 1.82. The van der Waals surface area contributed by atoms with E-state index in [1.807, 2.05) is 54.3 Å². The largest absolute Gasteiger partial charge is 0.356 e. The predicted molar refractivity (Wildman–Crippen MR) is 83.2 cm³/mol. The molecule has 1 amide bonds. The molecular formula is C16H22N4O. The maximum Gasteiger partial charge on any atom is 0.220 e. The van der Waals surface area contributed by atoms with Crippen molar-refractivity contribution in [3.05, 3.63) is 48.3 Å². The molecule has 1 aromatic carbocycles. The Kier molecular flexibility index (Phi) is 5.51. The van der Waals surface area contributed by atoms with Gasteiger partial charge in [-0.15, -0.1) is 0 Å². The summed E-state index contributed by atoms with van der Waals surface area (Å²) >= 11 is 0. The van der Waals surface area contributed by atoms with Crippen LogP contribution < -0.4 is 11.1 Å². The Hall–Kier alpha value is -2.14. The van der Waals surface area contributed by atoms with E-state index in [0.29, 0.717) is 19.4 Å². The summed E-state index contributed by atoms with van der Waals surface area (Å²) in [5.74, 6) is 0.0584. The maximum absolute atomic E-state index is 11.7. The number of para-hydroxylation sites is 1. The van der Waals surface area contributed by atoms with Crippen molar-refractivity contribution in [1.29, 1.82) is 0 Å². The van der Waals surface area contributed by atoms with Gasteiger partial charge in [0.2, 0.25) is 5.91 Å². The first-order valence-electron chi connectivity index (χ1n) is 7.26. The molecule has 0 radical (unpaired) electrons. The Labute approximate surface area is 125 Å². The summed E-state index contributed by atoms with van der Waals surface area (Å²) in [6, 6.07) is 10.0. The third kappa shape index (κ3) is 5.04. The molecule has 1 atom stereocenters. The lowest BCUT2D eigenvalue weighted by atomic mass is 10.2. The van der Waals surface area contributed by atoms with Crippen LogP contribution >= 0.6 is 0 Å². The van der Waals surface area contributed by atoms with E-state index < -0.39 is 0 Å². The number of rotatable bonds is 7. The quantitative estimate of drug-likeness (QED) is 0.813. The van der Waals surface area contributed by atoms with Gasteiger partial charge in [-0.2, -0.15) is 5.10 Å². The standard InChI is InChI=1S/C16H22N4O/c1-13(17)9-10-18-16(21)8-7-14-11-19-20(12-14)15-5-3-2-4-6-15/h2-6,11-13H,7-10,17H2,1H3,(H,18,21). The Morgan fingerprint density at radius 2 is 2.14 bits per heavy atom. The van der Waals surface area contributed by atoms with Gasteiger partial charge in [-0.25, -0.2) is 4.68 Å². The number of carbonyl (C=O) groups excluding carboxylic acids is 1. The molecule has 5 heteroatoms. The van der Waals surface area contributed by atoms with E-state index >= 15 is 0 Å². The summed E-state index contributed by atoms with van der Waals surface area (Å²) in [4.78, 5) is 11.7. The lowest BCUT2D eigenvalue weighted by Gasteiger charge is -2.06. The number of nitrogens with one attached hydrogen (secondary N) is 1. The zero-order valence-corrected chi connectivity index (χ0v) is 12.3. The summed E-state index contributed by atoms with van der Waals surface area (Å²) in [6.45, 7) is 2.57. The van der Waals surface area contributed by atoms with Crippen molar-refractivity contribution >= 4 is 5.91 Å². The molecular weight excluding hydrogens is 264 g/mol. The van der Waals surface area contributed by atoms with E-state index in [2.05, 4.69) is 10.4 Å². The van der Waals surface area contributed by atoms with Crippen LogP contribution in [0.1, 0.15) is 25.3 Å². The Morgan fingerprint density at radius 1 is 1.38 bits per heavy atom. The third-order valence-corrected chi connectivity index (χ3v) is 3.22. The van der Waals surface area contributed by atoms with Crippen LogP contribution in [0.5, 0.6) is 0 Å². The first-order chi connectivity index (χ1) is 10.1. The molecule has 0 aliphatic rings. The van der Waals surface area contributed by atoms with Crippen molar-refractivity contribution in [3.8, 4) is 5.69 Å². The molecule has 2 aromatic rings. The molecule has 1 unspecified atom stereocenters. The number of aryl methyl sites for hydroxylation is 1. The van der Waals surface area contributed by atoms with Crippen LogP contribution in [-0.2, 0) is 11.2 Å². The Bertz CT molecular complexity index is 563. The molecule has 0 saturated carbocycles. The summed E-state index contributed by atoms with van der Waals surface area (Å²) in [5.41, 5.74) is 7.71. The highest BCUT2D eigenvalue weighted by atomic mass is 16.1. The number of carbonyl (C=O) groups is 1. The number of hydrogen-bond donors (Lipinski definition) is 2. The molecule has 112 valence electrons. The van der Waals surface area contributed by atoms with Crippen LogP contribution in [0.25, 0.3) is 5.69 Å². The lowest BCUT2D eigenvalue weighted by molar-refractivity contribution is -0.121. The summed E-state index contributed by atoms with van der Waals surface area (Å²) in [6.07, 6.45) is 5.74. The van der Waals surface area contributed by atoms with Gasteiger partial charge >= 0.3 is 0 Å². The van der Waals surface area contributed by atoms with Crippen molar-refractivity contribution in [2.45, 2.75) is 32.2 Å². The molecule has 0 spiro atoms. The topological polar surface area (TPSA) is 72.9 Å². The van der Waals surface area contributed by atoms with Crippen LogP contribution in [0.15, 0.2) is 42.7 Å². The number of benzene rings is 1. The molecule has 0 aliphatic heterocycles. The highest BCUT2D eigenvalue weighted by Crippen LogP contribution is 2.09. The van der Waals surface area contributed by atoms with Gasteiger partial charge in [0.1, 0.15) is 0 Å². The van der Waals surface area contributed by atoms with Gasteiger partial charge in [0, 0.05) is 25.2 Å². The lowest BCUT2D eigenvalue weighted by Crippen LogP contribution is -2.29. The van der Waals surface area contributed by atoms with Gasteiger partial charge in [-0.05, 0) is 37.5 Å². The van der Waals surface area contributed by atoms with Gasteiger partial charge < -0.3 is 11.1 Å². The molecule has 1 aromatic heterocycles. The van der Waals surface area contributed by atoms with E-state index in [0.717, 1.165) is 17.7 Å². The number of nitrogens with two attached hydrogens (primary N) is 1. The fourth-order valence-corrected chi connectivity index (χ4v) is 2.00. The van der Waals surface area contributed by atoms with E-state index in [1.165, 1.54) is 0 Å². The average Bonchev–Trinajstić information content (AvgIpc) is 2.94. The first kappa shape index (κ1) is 15.3. The Balaban J connectivity index is 1.79. The predicted octanol–water partition coefficient (Wildman–Crippen LogP) is 1.66. The first-order valence-corrected chi connectivity index (χ1v) is 7.26. The zero-order chi connectivity index (χ0) is 15.1. The van der Waals surface area contributed by atoms with Gasteiger partial charge in [0.05, 0.1) is 11.9 Å². The van der Waals surface area contributed by atoms with Crippen LogP contribution in [0.4, 0.5) is 0 Å². The maximum atomic E-state index is 11.7. The summed E-state index contributed by atoms with van der Waals surface area (Å²) in [5, 5.41) is 7.19. The van der Waals surface area contributed by atoms with Gasteiger partial charge in [0.15, 0.2) is 0 Å². The van der Waals surface area contributed by atoms with Crippen molar-refractivity contribution in [2.75, 3.05) is 6.54 Å². The minimum absolute atomic E-state index is 0.0584. The average molecular weight is 286 g/mol. The monoisotopic (exact) mass is 286 g/mol. The fraction of sp³-hybridized carbons (Fsp3) is 0.375. The smallest absolute Gasteiger partial charge is 0.220 e.